The number of aromatic nitrogens is 2. The number of anilines is 1. The molecule has 1 aromatic heterocycles. The van der Waals surface area contributed by atoms with Gasteiger partial charge in [0.2, 0.25) is 0 Å². The Balaban J connectivity index is 2.00. The maximum Gasteiger partial charge on any atom is 0.166 e. The van der Waals surface area contributed by atoms with Crippen molar-refractivity contribution in [3.05, 3.63) is 76.4 Å². The Bertz CT molecular complexity index is 905. The number of aromatic amines is 1. The van der Waals surface area contributed by atoms with E-state index in [2.05, 4.69) is 15.3 Å². The van der Waals surface area contributed by atoms with E-state index in [0.29, 0.717) is 28.4 Å². The first-order valence-electron chi connectivity index (χ1n) is 7.63. The Labute approximate surface area is 145 Å². The third kappa shape index (κ3) is 3.58. The van der Waals surface area contributed by atoms with E-state index >= 15 is 0 Å². The molecule has 5 heteroatoms. The second-order valence-electron chi connectivity index (χ2n) is 5.40. The molecular weight excluding hydrogens is 318 g/mol. The van der Waals surface area contributed by atoms with Crippen molar-refractivity contribution in [2.75, 3.05) is 5.32 Å². The standard InChI is InChI=1S/C19H17N3OS/c1-13(23)16-18(20-12-14-8-4-2-5-9-14)21-17(22-19(16)24)15-10-6-3-7-11-15/h2-11H,12H2,1H3,(H2,20,21,22,24). The Morgan fingerprint density at radius 3 is 2.33 bits per heavy atom. The predicted octanol–water partition coefficient (Wildman–Crippen LogP) is 4.62. The summed E-state index contributed by atoms with van der Waals surface area (Å²) in [5.41, 5.74) is 2.45. The lowest BCUT2D eigenvalue weighted by Gasteiger charge is -2.13. The van der Waals surface area contributed by atoms with Crippen molar-refractivity contribution in [2.45, 2.75) is 13.5 Å². The van der Waals surface area contributed by atoms with Gasteiger partial charge in [0.1, 0.15) is 16.3 Å². The van der Waals surface area contributed by atoms with Crippen LogP contribution in [0, 0.1) is 4.64 Å². The number of carbonyl (C=O) groups excluding carboxylic acids is 1. The van der Waals surface area contributed by atoms with Crippen molar-refractivity contribution in [2.24, 2.45) is 0 Å². The van der Waals surface area contributed by atoms with Crippen molar-refractivity contribution < 1.29 is 4.79 Å². The average molecular weight is 335 g/mol. The van der Waals surface area contributed by atoms with Gasteiger partial charge in [0.25, 0.3) is 0 Å². The lowest BCUT2D eigenvalue weighted by atomic mass is 10.1. The van der Waals surface area contributed by atoms with E-state index in [0.717, 1.165) is 11.1 Å². The highest BCUT2D eigenvalue weighted by atomic mass is 32.1. The highest BCUT2D eigenvalue weighted by molar-refractivity contribution is 7.71. The van der Waals surface area contributed by atoms with Gasteiger partial charge in [-0.25, -0.2) is 4.98 Å². The smallest absolute Gasteiger partial charge is 0.166 e. The molecule has 0 radical (unpaired) electrons. The van der Waals surface area contributed by atoms with E-state index in [-0.39, 0.29) is 5.78 Å². The van der Waals surface area contributed by atoms with Gasteiger partial charge in [-0.05, 0) is 12.5 Å². The molecule has 2 N–H and O–H groups in total. The van der Waals surface area contributed by atoms with Crippen LogP contribution in [0.5, 0.6) is 0 Å². The molecule has 1 heterocycles. The monoisotopic (exact) mass is 335 g/mol. The number of nitrogens with one attached hydrogen (secondary N) is 2. The summed E-state index contributed by atoms with van der Waals surface area (Å²) in [6.45, 7) is 2.08. The van der Waals surface area contributed by atoms with Gasteiger partial charge in [0.05, 0.1) is 5.56 Å². The van der Waals surface area contributed by atoms with E-state index in [1.54, 1.807) is 0 Å². The molecule has 0 bridgehead atoms. The lowest BCUT2D eigenvalue weighted by Crippen LogP contribution is -2.10. The Morgan fingerprint density at radius 2 is 1.71 bits per heavy atom. The summed E-state index contributed by atoms with van der Waals surface area (Å²) in [5, 5.41) is 3.28. The first kappa shape index (κ1) is 16.1. The molecule has 4 nitrogen and oxygen atoms in total. The van der Waals surface area contributed by atoms with Gasteiger partial charge in [-0.2, -0.15) is 0 Å². The molecule has 3 aromatic rings. The summed E-state index contributed by atoms with van der Waals surface area (Å²) >= 11 is 5.34. The van der Waals surface area contributed by atoms with Crippen LogP contribution in [0.15, 0.2) is 60.7 Å². The fourth-order valence-corrected chi connectivity index (χ4v) is 2.79. The van der Waals surface area contributed by atoms with Crippen LogP contribution in [-0.2, 0) is 6.54 Å². The quantitative estimate of drug-likeness (QED) is 0.527. The summed E-state index contributed by atoms with van der Waals surface area (Å²) < 4.78 is 0.302. The van der Waals surface area contributed by atoms with Crippen molar-refractivity contribution in [1.29, 1.82) is 0 Å². The number of hydrogen-bond acceptors (Lipinski definition) is 4. The Morgan fingerprint density at radius 1 is 1.08 bits per heavy atom. The second-order valence-corrected chi connectivity index (χ2v) is 5.79. The first-order chi connectivity index (χ1) is 11.6. The van der Waals surface area contributed by atoms with E-state index in [1.807, 2.05) is 60.7 Å². The Kier molecular flexibility index (Phi) is 4.82. The van der Waals surface area contributed by atoms with Gasteiger partial charge < -0.3 is 10.3 Å². The maximum atomic E-state index is 12.0. The molecule has 0 aliphatic carbocycles. The zero-order valence-electron chi connectivity index (χ0n) is 13.2. The fraction of sp³-hybridized carbons (Fsp3) is 0.105. The molecular formula is C19H17N3OS. The topological polar surface area (TPSA) is 57.8 Å². The Hall–Kier alpha value is -2.79. The molecule has 0 saturated heterocycles. The highest BCUT2D eigenvalue weighted by Crippen LogP contribution is 2.21. The average Bonchev–Trinajstić information content (AvgIpc) is 2.60. The third-order valence-electron chi connectivity index (χ3n) is 3.63. The van der Waals surface area contributed by atoms with E-state index in [9.17, 15) is 4.79 Å². The SMILES string of the molecule is CC(=O)c1c(NCc2ccccc2)[nH]c(-c2ccccc2)nc1=S. The summed E-state index contributed by atoms with van der Waals surface area (Å²) in [7, 11) is 0. The normalized spacial score (nSPS) is 10.4. The summed E-state index contributed by atoms with van der Waals surface area (Å²) in [6.07, 6.45) is 0. The molecule has 3 rings (SSSR count). The summed E-state index contributed by atoms with van der Waals surface area (Å²) in [5.74, 6) is 1.13. The molecule has 24 heavy (non-hydrogen) atoms. The summed E-state index contributed by atoms with van der Waals surface area (Å²) in [4.78, 5) is 19.6. The van der Waals surface area contributed by atoms with Crippen LogP contribution in [0.1, 0.15) is 22.8 Å². The molecule has 0 saturated carbocycles. The number of nitrogens with zero attached hydrogens (tertiary/aromatic N) is 1. The minimum atomic E-state index is -0.112. The van der Waals surface area contributed by atoms with Gasteiger partial charge in [-0.3, -0.25) is 4.79 Å². The summed E-state index contributed by atoms with van der Waals surface area (Å²) in [6, 6.07) is 19.7. The zero-order valence-corrected chi connectivity index (χ0v) is 14.1. The van der Waals surface area contributed by atoms with E-state index in [4.69, 9.17) is 12.2 Å². The molecule has 0 amide bonds. The molecule has 0 aliphatic rings. The lowest BCUT2D eigenvalue weighted by molar-refractivity contribution is 0.101. The van der Waals surface area contributed by atoms with Gasteiger partial charge in [0, 0.05) is 12.1 Å². The largest absolute Gasteiger partial charge is 0.367 e. The number of ketones is 1. The number of H-pyrrole nitrogens is 1. The third-order valence-corrected chi connectivity index (χ3v) is 3.93. The van der Waals surface area contributed by atoms with Crippen molar-refractivity contribution in [3.63, 3.8) is 0 Å². The van der Waals surface area contributed by atoms with Crippen molar-refractivity contribution in [1.82, 2.24) is 9.97 Å². The van der Waals surface area contributed by atoms with Gasteiger partial charge >= 0.3 is 0 Å². The minimum Gasteiger partial charge on any atom is -0.367 e. The van der Waals surface area contributed by atoms with E-state index < -0.39 is 0 Å². The number of Topliss-reactive ketones (excluding diaryl/α,β-unsaturated/α-hetero) is 1. The molecule has 0 atom stereocenters. The van der Waals surface area contributed by atoms with Crippen LogP contribution in [0.3, 0.4) is 0 Å². The van der Waals surface area contributed by atoms with Crippen LogP contribution in [0.4, 0.5) is 5.82 Å². The molecule has 0 unspecified atom stereocenters. The van der Waals surface area contributed by atoms with Crippen molar-refractivity contribution in [3.8, 4) is 11.4 Å². The molecule has 0 fully saturated rings. The second kappa shape index (κ2) is 7.19. The zero-order chi connectivity index (χ0) is 16.9. The van der Waals surface area contributed by atoms with Gasteiger partial charge in [-0.15, -0.1) is 0 Å². The van der Waals surface area contributed by atoms with Crippen LogP contribution < -0.4 is 5.32 Å². The number of benzene rings is 2. The van der Waals surface area contributed by atoms with Crippen LogP contribution in [-0.4, -0.2) is 15.8 Å². The van der Waals surface area contributed by atoms with Crippen molar-refractivity contribution >= 4 is 23.8 Å². The molecule has 120 valence electrons. The number of hydrogen-bond donors (Lipinski definition) is 2. The number of rotatable bonds is 5. The first-order valence-corrected chi connectivity index (χ1v) is 8.04. The van der Waals surface area contributed by atoms with Crippen LogP contribution in [0.25, 0.3) is 11.4 Å². The maximum absolute atomic E-state index is 12.0. The van der Waals surface area contributed by atoms with Gasteiger partial charge in [0.15, 0.2) is 5.78 Å². The van der Waals surface area contributed by atoms with Crippen LogP contribution >= 0.6 is 12.2 Å². The van der Waals surface area contributed by atoms with Gasteiger partial charge in [-0.1, -0.05) is 72.9 Å². The number of carbonyl (C=O) groups is 1. The molecule has 2 aromatic carbocycles. The molecule has 0 aliphatic heterocycles. The minimum absolute atomic E-state index is 0.112. The highest BCUT2D eigenvalue weighted by Gasteiger charge is 2.13. The van der Waals surface area contributed by atoms with E-state index in [1.165, 1.54) is 6.92 Å². The molecule has 0 spiro atoms. The van der Waals surface area contributed by atoms with Crippen LogP contribution in [0.2, 0.25) is 0 Å². The predicted molar refractivity (Wildman–Crippen MR) is 98.6 cm³/mol. The fourth-order valence-electron chi connectivity index (χ4n) is 2.45.